The van der Waals surface area contributed by atoms with E-state index in [1.165, 1.54) is 89.9 Å². The maximum atomic E-state index is 12.8. The molecule has 334 valence electrons. The fourth-order valence-electron chi connectivity index (χ4n) is 6.91. The summed E-state index contributed by atoms with van der Waals surface area (Å²) in [7, 11) is 0. The average Bonchev–Trinajstić information content (AvgIpc) is 3.21. The first-order valence-corrected chi connectivity index (χ1v) is 24.1. The Kier molecular flexibility index (Phi) is 42.9. The van der Waals surface area contributed by atoms with E-state index in [-0.39, 0.29) is 18.0 Å². The molecule has 0 radical (unpaired) electrons. The molecule has 0 aliphatic rings. The van der Waals surface area contributed by atoms with Crippen molar-refractivity contribution in [3.05, 3.63) is 60.8 Å². The first-order chi connectivity index (χ1) is 28.4. The number of allylic oxidation sites excluding steroid dienone is 10. The highest BCUT2D eigenvalue weighted by Crippen LogP contribution is 2.18. The minimum absolute atomic E-state index is 0.0403. The van der Waals surface area contributed by atoms with Gasteiger partial charge in [0.15, 0.2) is 0 Å². The Bertz CT molecular complexity index is 1090. The van der Waals surface area contributed by atoms with Gasteiger partial charge < -0.3 is 20.9 Å². The Morgan fingerprint density at radius 2 is 0.914 bits per heavy atom. The number of nitrogens with one attached hydrogen (secondary N) is 1. The van der Waals surface area contributed by atoms with E-state index in [1.54, 1.807) is 0 Å². The number of amides is 1. The summed E-state index contributed by atoms with van der Waals surface area (Å²) in [6.07, 6.45) is 56.9. The summed E-state index contributed by atoms with van der Waals surface area (Å²) in [5, 5.41) is 12.0. The molecule has 0 aliphatic heterocycles. The van der Waals surface area contributed by atoms with Crippen LogP contribution < -0.4 is 11.1 Å². The third kappa shape index (κ3) is 41.2. The fourth-order valence-corrected chi connectivity index (χ4v) is 6.91. The average molecular weight is 811 g/mol. The molecule has 0 heterocycles. The van der Waals surface area contributed by atoms with Gasteiger partial charge in [0.05, 0.1) is 0 Å². The molecule has 0 bridgehead atoms. The topological polar surface area (TPSA) is 119 Å². The summed E-state index contributed by atoms with van der Waals surface area (Å²) in [5.41, 5.74) is 5.49. The number of carbonyl (C=O) groups is 3. The monoisotopic (exact) mass is 811 g/mol. The zero-order valence-corrected chi connectivity index (χ0v) is 37.6. The van der Waals surface area contributed by atoms with Crippen LogP contribution >= 0.6 is 0 Å². The maximum Gasteiger partial charge on any atom is 0.326 e. The Labute approximate surface area is 357 Å². The van der Waals surface area contributed by atoms with Crippen LogP contribution in [0.15, 0.2) is 60.8 Å². The van der Waals surface area contributed by atoms with Gasteiger partial charge in [-0.15, -0.1) is 0 Å². The number of aliphatic carboxylic acids is 1. The van der Waals surface area contributed by atoms with E-state index >= 15 is 0 Å². The largest absolute Gasteiger partial charge is 0.480 e. The number of unbranched alkanes of at least 4 members (excludes halogenated alkanes) is 19. The minimum atomic E-state index is -1.01. The minimum Gasteiger partial charge on any atom is -0.480 e. The van der Waals surface area contributed by atoms with Crippen LogP contribution in [0, 0.1) is 0 Å². The lowest BCUT2D eigenvalue weighted by Crippen LogP contribution is -2.40. The van der Waals surface area contributed by atoms with Crippen LogP contribution in [-0.4, -0.2) is 41.6 Å². The molecule has 0 aromatic rings. The Balaban J connectivity index is 4.38. The quantitative estimate of drug-likeness (QED) is 0.0321. The van der Waals surface area contributed by atoms with Crippen LogP contribution in [0.1, 0.15) is 226 Å². The molecule has 1 amide bonds. The second kappa shape index (κ2) is 45.2. The van der Waals surface area contributed by atoms with Gasteiger partial charge in [-0.1, -0.05) is 158 Å². The van der Waals surface area contributed by atoms with Gasteiger partial charge in [-0.3, -0.25) is 9.59 Å². The second-order valence-electron chi connectivity index (χ2n) is 16.2. The molecule has 58 heavy (non-hydrogen) atoms. The predicted molar refractivity (Wildman–Crippen MR) is 248 cm³/mol. The van der Waals surface area contributed by atoms with Crippen LogP contribution in [0.3, 0.4) is 0 Å². The first-order valence-electron chi connectivity index (χ1n) is 24.1. The molecule has 0 spiro atoms. The Morgan fingerprint density at radius 1 is 0.500 bits per heavy atom. The van der Waals surface area contributed by atoms with Gasteiger partial charge in [-0.25, -0.2) is 4.79 Å². The molecule has 0 fully saturated rings. The van der Waals surface area contributed by atoms with Gasteiger partial charge in [-0.2, -0.15) is 0 Å². The van der Waals surface area contributed by atoms with Gasteiger partial charge in [0.1, 0.15) is 12.1 Å². The van der Waals surface area contributed by atoms with E-state index in [4.69, 9.17) is 10.5 Å². The maximum absolute atomic E-state index is 12.8. The normalized spacial score (nSPS) is 13.2. The van der Waals surface area contributed by atoms with E-state index in [2.05, 4.69) is 79.9 Å². The first kappa shape index (κ1) is 55.1. The van der Waals surface area contributed by atoms with Crippen LogP contribution in [0.5, 0.6) is 0 Å². The van der Waals surface area contributed by atoms with Crippen molar-refractivity contribution >= 4 is 17.8 Å². The molecular formula is C51H90N2O5. The lowest BCUT2D eigenvalue weighted by atomic mass is 10.0. The summed E-state index contributed by atoms with van der Waals surface area (Å²) in [4.78, 5) is 36.5. The van der Waals surface area contributed by atoms with Crippen LogP contribution in [0.2, 0.25) is 0 Å². The number of esters is 1. The lowest BCUT2D eigenvalue weighted by molar-refractivity contribution is -0.150. The number of carboxylic acid groups (broad SMARTS) is 1. The molecule has 7 heteroatoms. The highest BCUT2D eigenvalue weighted by atomic mass is 16.5. The molecule has 0 aromatic carbocycles. The molecule has 2 unspecified atom stereocenters. The highest BCUT2D eigenvalue weighted by Gasteiger charge is 2.19. The zero-order valence-electron chi connectivity index (χ0n) is 37.6. The summed E-state index contributed by atoms with van der Waals surface area (Å²) in [5.74, 6) is -1.28. The van der Waals surface area contributed by atoms with Crippen molar-refractivity contribution in [2.45, 2.75) is 238 Å². The number of carbonyl (C=O) groups excluding carboxylic acids is 2. The van der Waals surface area contributed by atoms with Crippen LogP contribution in [-0.2, 0) is 19.1 Å². The van der Waals surface area contributed by atoms with Gasteiger partial charge in [0, 0.05) is 12.8 Å². The van der Waals surface area contributed by atoms with Gasteiger partial charge in [-0.05, 0) is 122 Å². The molecular weight excluding hydrogens is 721 g/mol. The highest BCUT2D eigenvalue weighted by molar-refractivity contribution is 5.83. The molecule has 4 N–H and O–H groups in total. The number of carboxylic acids is 1. The van der Waals surface area contributed by atoms with Gasteiger partial charge in [0.2, 0.25) is 5.91 Å². The molecule has 0 rings (SSSR count). The number of ether oxygens (including phenoxy) is 1. The van der Waals surface area contributed by atoms with Crippen molar-refractivity contribution in [1.29, 1.82) is 0 Å². The van der Waals surface area contributed by atoms with E-state index in [1.807, 2.05) is 0 Å². The second-order valence-corrected chi connectivity index (χ2v) is 16.2. The molecule has 2 atom stereocenters. The van der Waals surface area contributed by atoms with Gasteiger partial charge in [0.25, 0.3) is 0 Å². The lowest BCUT2D eigenvalue weighted by Gasteiger charge is -2.18. The van der Waals surface area contributed by atoms with Crippen molar-refractivity contribution in [3.8, 4) is 0 Å². The summed E-state index contributed by atoms with van der Waals surface area (Å²) >= 11 is 0. The standard InChI is InChI=1S/C51H90N2O5/c1-3-5-7-9-11-13-15-17-18-19-20-21-22-24-26-28-30-35-39-45-50(55)58-47(41-36-32-29-27-25-23-16-14-12-10-8-6-4-2)42-37-33-31-34-38-44-49(54)53-48(51(56)57)43-40-46-52/h11,13,16-18,20-21,23,27,29,47-48H,3-10,12,14-15,19,22,24-26,28,30-46,52H2,1-2H3,(H,53,54)(H,56,57)/b13-11-,18-17-,21-20-,23-16-,29-27-. The third-order valence-corrected chi connectivity index (χ3v) is 10.6. The summed E-state index contributed by atoms with van der Waals surface area (Å²) < 4.78 is 6.04. The van der Waals surface area contributed by atoms with Crippen molar-refractivity contribution in [2.75, 3.05) is 6.54 Å². The van der Waals surface area contributed by atoms with E-state index < -0.39 is 12.0 Å². The van der Waals surface area contributed by atoms with E-state index in [9.17, 15) is 19.5 Å². The summed E-state index contributed by atoms with van der Waals surface area (Å²) in [6, 6.07) is -0.864. The summed E-state index contributed by atoms with van der Waals surface area (Å²) in [6.45, 7) is 4.91. The van der Waals surface area contributed by atoms with Crippen molar-refractivity contribution in [3.63, 3.8) is 0 Å². The zero-order chi connectivity index (χ0) is 42.4. The van der Waals surface area contributed by atoms with Gasteiger partial charge >= 0.3 is 11.9 Å². The van der Waals surface area contributed by atoms with Crippen LogP contribution in [0.4, 0.5) is 0 Å². The molecule has 0 saturated carbocycles. The Hall–Kier alpha value is -2.93. The number of hydrogen-bond donors (Lipinski definition) is 3. The third-order valence-electron chi connectivity index (χ3n) is 10.6. The Morgan fingerprint density at radius 3 is 1.45 bits per heavy atom. The molecule has 0 saturated heterocycles. The van der Waals surface area contributed by atoms with E-state index in [0.29, 0.717) is 32.2 Å². The number of nitrogens with two attached hydrogens (primary N) is 1. The van der Waals surface area contributed by atoms with Crippen LogP contribution in [0.25, 0.3) is 0 Å². The predicted octanol–water partition coefficient (Wildman–Crippen LogP) is 14.1. The SMILES string of the molecule is CCCCC/C=C\C/C=C\C/C=C\CCCCCCCCC(=O)OC(CCC/C=C\C/C=C\CCCCCCC)CCCCCCCC(=O)NC(CCCN)C(=O)O. The fraction of sp³-hybridized carbons (Fsp3) is 0.745. The molecule has 0 aliphatic carbocycles. The van der Waals surface area contributed by atoms with Crippen molar-refractivity contribution in [1.82, 2.24) is 5.32 Å². The van der Waals surface area contributed by atoms with Crippen molar-refractivity contribution < 1.29 is 24.2 Å². The van der Waals surface area contributed by atoms with E-state index in [0.717, 1.165) is 96.3 Å². The molecule has 7 nitrogen and oxygen atoms in total. The number of hydrogen-bond acceptors (Lipinski definition) is 5. The molecule has 0 aromatic heterocycles. The van der Waals surface area contributed by atoms with Crippen molar-refractivity contribution in [2.24, 2.45) is 5.73 Å². The number of rotatable bonds is 43. The smallest absolute Gasteiger partial charge is 0.326 e.